The van der Waals surface area contributed by atoms with Crippen LogP contribution in [0.4, 0.5) is 5.69 Å². The lowest BCUT2D eigenvalue weighted by Gasteiger charge is -2.23. The van der Waals surface area contributed by atoms with Crippen LogP contribution in [0.25, 0.3) is 0 Å². The van der Waals surface area contributed by atoms with E-state index in [1.807, 2.05) is 48.6 Å². The lowest BCUT2D eigenvalue weighted by atomic mass is 9.77. The van der Waals surface area contributed by atoms with Crippen molar-refractivity contribution < 1.29 is 18.7 Å². The fourth-order valence-corrected chi connectivity index (χ4v) is 4.35. The Labute approximate surface area is 150 Å². The van der Waals surface area contributed by atoms with Gasteiger partial charge in [0, 0.05) is 5.69 Å². The summed E-state index contributed by atoms with van der Waals surface area (Å²) in [7, 11) is 0. The Bertz CT molecular complexity index is 876. The number of furan rings is 1. The molecule has 0 saturated carbocycles. The largest absolute Gasteiger partial charge is 0.467 e. The summed E-state index contributed by atoms with van der Waals surface area (Å²) in [6.07, 6.45) is 5.11. The zero-order valence-corrected chi connectivity index (χ0v) is 14.0. The monoisotopic (exact) mass is 350 g/mol. The smallest absolute Gasteiger partial charge is 0.231 e. The molecule has 1 aromatic carbocycles. The van der Waals surface area contributed by atoms with Crippen molar-refractivity contribution in [3.8, 4) is 0 Å². The standard InChI is InChI=1S/C20H18N2O4/c23-18(21-13-5-2-1-3-6-13)16-15-8-9-20(26-15)12-22(19(24)17(16)20)11-14-7-4-10-25-14/h1-10,15-17H,11-12H2,(H,21,23)/t15-,16-,17+,20+/m0/s1. The Balaban J connectivity index is 1.40. The molecule has 2 aromatic rings. The fraction of sp³-hybridized carbons (Fsp3) is 0.300. The number of hydrogen-bond donors (Lipinski definition) is 1. The van der Waals surface area contributed by atoms with E-state index in [2.05, 4.69) is 5.32 Å². The molecule has 0 aliphatic carbocycles. The minimum absolute atomic E-state index is 0.0542. The second-order valence-corrected chi connectivity index (χ2v) is 7.03. The first-order chi connectivity index (χ1) is 12.7. The molecule has 1 spiro atoms. The van der Waals surface area contributed by atoms with Gasteiger partial charge in [0.05, 0.1) is 37.3 Å². The van der Waals surface area contributed by atoms with Crippen LogP contribution in [-0.4, -0.2) is 35.0 Å². The zero-order chi connectivity index (χ0) is 17.7. The number of anilines is 1. The molecule has 3 aliphatic rings. The Kier molecular flexibility index (Phi) is 3.30. The van der Waals surface area contributed by atoms with Gasteiger partial charge in [-0.3, -0.25) is 9.59 Å². The number of rotatable bonds is 4. The molecular weight excluding hydrogens is 332 g/mol. The zero-order valence-electron chi connectivity index (χ0n) is 14.0. The number of hydrogen-bond acceptors (Lipinski definition) is 4. The van der Waals surface area contributed by atoms with Crippen LogP contribution in [0.15, 0.2) is 65.3 Å². The fourth-order valence-electron chi connectivity index (χ4n) is 4.35. The summed E-state index contributed by atoms with van der Waals surface area (Å²) in [4.78, 5) is 27.7. The van der Waals surface area contributed by atoms with Crippen LogP contribution in [0.2, 0.25) is 0 Å². The van der Waals surface area contributed by atoms with Gasteiger partial charge in [-0.2, -0.15) is 0 Å². The van der Waals surface area contributed by atoms with Gasteiger partial charge in [-0.1, -0.05) is 30.4 Å². The van der Waals surface area contributed by atoms with Gasteiger partial charge in [0.15, 0.2) is 0 Å². The number of fused-ring (bicyclic) bond motifs is 1. The Morgan fingerprint density at radius 3 is 2.85 bits per heavy atom. The van der Waals surface area contributed by atoms with Crippen molar-refractivity contribution in [3.63, 3.8) is 0 Å². The molecule has 5 rings (SSSR count). The van der Waals surface area contributed by atoms with Crippen LogP contribution >= 0.6 is 0 Å². The van der Waals surface area contributed by atoms with Gasteiger partial charge >= 0.3 is 0 Å². The molecule has 0 radical (unpaired) electrons. The Morgan fingerprint density at radius 1 is 1.23 bits per heavy atom. The number of nitrogens with zero attached hydrogens (tertiary/aromatic N) is 1. The summed E-state index contributed by atoms with van der Waals surface area (Å²) >= 11 is 0. The van der Waals surface area contributed by atoms with E-state index in [0.717, 1.165) is 11.4 Å². The molecule has 2 amide bonds. The number of benzene rings is 1. The molecule has 4 heterocycles. The molecule has 4 atom stereocenters. The van der Waals surface area contributed by atoms with Crippen LogP contribution in [0, 0.1) is 11.8 Å². The first kappa shape index (κ1) is 15.4. The van der Waals surface area contributed by atoms with Crippen molar-refractivity contribution in [1.29, 1.82) is 0 Å². The SMILES string of the molecule is O=C(Nc1ccccc1)[C@H]1[C@@H]2C=C[C@]3(CN(Cc4ccco4)C(=O)[C@@H]13)O2. The molecule has 132 valence electrons. The van der Waals surface area contributed by atoms with Crippen LogP contribution < -0.4 is 5.32 Å². The summed E-state index contributed by atoms with van der Waals surface area (Å²) in [6.45, 7) is 0.832. The highest BCUT2D eigenvalue weighted by Crippen LogP contribution is 2.52. The maximum Gasteiger partial charge on any atom is 0.231 e. The molecule has 26 heavy (non-hydrogen) atoms. The molecular formula is C20H18N2O4. The first-order valence-corrected chi connectivity index (χ1v) is 8.71. The predicted molar refractivity (Wildman–Crippen MR) is 92.9 cm³/mol. The maximum atomic E-state index is 13.1. The van der Waals surface area contributed by atoms with Crippen molar-refractivity contribution in [3.05, 3.63) is 66.6 Å². The van der Waals surface area contributed by atoms with Gasteiger partial charge in [0.2, 0.25) is 11.8 Å². The highest BCUT2D eigenvalue weighted by atomic mass is 16.5. The Hall–Kier alpha value is -2.86. The average Bonchev–Trinajstić information content (AvgIpc) is 3.39. The van der Waals surface area contributed by atoms with Crippen LogP contribution in [0.1, 0.15) is 5.76 Å². The number of para-hydroxylation sites is 1. The van der Waals surface area contributed by atoms with Gasteiger partial charge in [-0.25, -0.2) is 0 Å². The summed E-state index contributed by atoms with van der Waals surface area (Å²) in [5.41, 5.74) is 0.0173. The average molecular weight is 350 g/mol. The minimum atomic E-state index is -0.701. The number of carbonyl (C=O) groups excluding carboxylic acids is 2. The van der Waals surface area contributed by atoms with Gasteiger partial charge in [0.25, 0.3) is 0 Å². The predicted octanol–water partition coefficient (Wildman–Crippen LogP) is 2.20. The van der Waals surface area contributed by atoms with Gasteiger partial charge in [-0.05, 0) is 24.3 Å². The van der Waals surface area contributed by atoms with E-state index in [-0.39, 0.29) is 17.9 Å². The summed E-state index contributed by atoms with van der Waals surface area (Å²) < 4.78 is 11.5. The van der Waals surface area contributed by atoms with Crippen molar-refractivity contribution in [2.45, 2.75) is 18.2 Å². The van der Waals surface area contributed by atoms with Crippen LogP contribution in [0.3, 0.4) is 0 Å². The molecule has 1 aromatic heterocycles. The van der Waals surface area contributed by atoms with E-state index >= 15 is 0 Å². The van der Waals surface area contributed by atoms with Crippen molar-refractivity contribution in [2.24, 2.45) is 11.8 Å². The second-order valence-electron chi connectivity index (χ2n) is 7.03. The lowest BCUT2D eigenvalue weighted by Crippen LogP contribution is -2.41. The molecule has 2 bridgehead atoms. The van der Waals surface area contributed by atoms with E-state index in [1.54, 1.807) is 17.2 Å². The van der Waals surface area contributed by atoms with Gasteiger partial charge < -0.3 is 19.4 Å². The number of likely N-dealkylation sites (tertiary alicyclic amines) is 1. The lowest BCUT2D eigenvalue weighted by molar-refractivity contribution is -0.136. The third kappa shape index (κ3) is 2.22. The number of amides is 2. The topological polar surface area (TPSA) is 71.8 Å². The van der Waals surface area contributed by atoms with E-state index in [9.17, 15) is 9.59 Å². The van der Waals surface area contributed by atoms with Crippen molar-refractivity contribution >= 4 is 17.5 Å². The van der Waals surface area contributed by atoms with E-state index < -0.39 is 17.4 Å². The molecule has 6 heteroatoms. The molecule has 2 saturated heterocycles. The van der Waals surface area contributed by atoms with E-state index in [0.29, 0.717) is 13.1 Å². The normalized spacial score (nSPS) is 31.5. The van der Waals surface area contributed by atoms with Crippen LogP contribution in [-0.2, 0) is 20.9 Å². The first-order valence-electron chi connectivity index (χ1n) is 8.71. The number of ether oxygens (including phenoxy) is 1. The van der Waals surface area contributed by atoms with Gasteiger partial charge in [-0.15, -0.1) is 0 Å². The molecule has 2 fully saturated rings. The van der Waals surface area contributed by atoms with E-state index in [4.69, 9.17) is 9.15 Å². The molecule has 6 nitrogen and oxygen atoms in total. The summed E-state index contributed by atoms with van der Waals surface area (Å²) in [5, 5.41) is 2.92. The third-order valence-electron chi connectivity index (χ3n) is 5.45. The Morgan fingerprint density at radius 2 is 2.08 bits per heavy atom. The van der Waals surface area contributed by atoms with Crippen molar-refractivity contribution in [1.82, 2.24) is 4.90 Å². The van der Waals surface area contributed by atoms with Crippen molar-refractivity contribution in [2.75, 3.05) is 11.9 Å². The second kappa shape index (κ2) is 5.57. The maximum absolute atomic E-state index is 13.1. The molecule has 1 N–H and O–H groups in total. The third-order valence-corrected chi connectivity index (χ3v) is 5.45. The highest BCUT2D eigenvalue weighted by Gasteiger charge is 2.66. The quantitative estimate of drug-likeness (QED) is 0.858. The molecule has 3 aliphatic heterocycles. The van der Waals surface area contributed by atoms with E-state index in [1.165, 1.54) is 0 Å². The van der Waals surface area contributed by atoms with Crippen LogP contribution in [0.5, 0.6) is 0 Å². The number of carbonyl (C=O) groups is 2. The summed E-state index contributed by atoms with van der Waals surface area (Å²) in [5.74, 6) is -0.517. The minimum Gasteiger partial charge on any atom is -0.467 e. The highest BCUT2D eigenvalue weighted by molar-refractivity contribution is 5.99. The summed E-state index contributed by atoms with van der Waals surface area (Å²) in [6, 6.07) is 12.9. The molecule has 0 unspecified atom stereocenters. The van der Waals surface area contributed by atoms with Gasteiger partial charge in [0.1, 0.15) is 11.4 Å². The number of nitrogens with one attached hydrogen (secondary N) is 1.